The first-order valence-electron chi connectivity index (χ1n) is 15.6. The van der Waals surface area contributed by atoms with E-state index in [0.717, 1.165) is 6.07 Å². The van der Waals surface area contributed by atoms with E-state index in [0.29, 0.717) is 11.8 Å². The van der Waals surface area contributed by atoms with Gasteiger partial charge >= 0.3 is 0 Å². The van der Waals surface area contributed by atoms with Crippen LogP contribution in [0.5, 0.6) is 17.2 Å². The van der Waals surface area contributed by atoms with Crippen LogP contribution in [-0.4, -0.2) is 61.3 Å². The maximum atomic E-state index is 15.4. The number of aliphatic imine (C=N–C) groups is 1. The Balaban J connectivity index is 1.48. The fraction of sp³-hybridized carbons (Fsp3) is 0.278. The van der Waals surface area contributed by atoms with Crippen LogP contribution in [0.1, 0.15) is 52.5 Å². The first-order chi connectivity index (χ1) is 24.1. The van der Waals surface area contributed by atoms with Gasteiger partial charge in [0.05, 0.1) is 37.2 Å². The van der Waals surface area contributed by atoms with Gasteiger partial charge in [0, 0.05) is 47.4 Å². The van der Waals surface area contributed by atoms with Crippen molar-refractivity contribution < 1.29 is 42.1 Å². The predicted octanol–water partition coefficient (Wildman–Crippen LogP) is 4.96. The Hall–Kier alpha value is -5.34. The fourth-order valence-electron chi connectivity index (χ4n) is 5.68. The molecule has 6 N–H and O–H groups in total. The third-order valence-electron chi connectivity index (χ3n) is 9.13. The summed E-state index contributed by atoms with van der Waals surface area (Å²) in [6, 6.07) is 12.0. The number of hydrogen-bond acceptors (Lipinski definition) is 9. The molecule has 0 radical (unpaired) electrons. The Morgan fingerprint density at radius 1 is 1.12 bits per heavy atom. The molecular formula is C36H33ClF3N5O6. The Kier molecular flexibility index (Phi) is 9.10. The number of nitrogens with one attached hydrogen (secondary N) is 1. The van der Waals surface area contributed by atoms with Gasteiger partial charge < -0.3 is 36.1 Å². The molecule has 1 fully saturated rings. The number of amides is 2. The molecule has 1 aromatic heterocycles. The van der Waals surface area contributed by atoms with Crippen molar-refractivity contribution in [2.45, 2.75) is 36.6 Å². The third-order valence-corrected chi connectivity index (χ3v) is 9.42. The molecule has 2 aliphatic rings. The second-order valence-corrected chi connectivity index (χ2v) is 13.0. The highest BCUT2D eigenvalue weighted by Gasteiger charge is 2.46. The fourth-order valence-corrected chi connectivity index (χ4v) is 5.84. The maximum Gasteiger partial charge on any atom is 0.251 e. The Morgan fingerprint density at radius 3 is 2.45 bits per heavy atom. The van der Waals surface area contributed by atoms with E-state index in [2.05, 4.69) is 15.3 Å². The molecule has 4 aromatic rings. The van der Waals surface area contributed by atoms with Crippen molar-refractivity contribution >= 4 is 35.3 Å². The van der Waals surface area contributed by atoms with Gasteiger partial charge in [0.25, 0.3) is 5.91 Å². The van der Waals surface area contributed by atoms with Crippen LogP contribution < -0.4 is 31.0 Å². The van der Waals surface area contributed by atoms with Gasteiger partial charge in [0.1, 0.15) is 52.2 Å². The zero-order valence-corrected chi connectivity index (χ0v) is 28.4. The smallest absolute Gasteiger partial charge is 0.251 e. The second-order valence-electron chi connectivity index (χ2n) is 12.6. The van der Waals surface area contributed by atoms with Gasteiger partial charge in [0.15, 0.2) is 5.79 Å². The minimum absolute atomic E-state index is 0.0211. The van der Waals surface area contributed by atoms with Crippen LogP contribution in [0.2, 0.25) is 5.02 Å². The molecule has 266 valence electrons. The summed E-state index contributed by atoms with van der Waals surface area (Å²) >= 11 is 6.04. The molecule has 0 bridgehead atoms. The van der Waals surface area contributed by atoms with Crippen molar-refractivity contribution in [3.63, 3.8) is 0 Å². The number of nitrogens with two attached hydrogens (primary N) is 2. The van der Waals surface area contributed by atoms with Crippen LogP contribution >= 0.6 is 11.6 Å². The van der Waals surface area contributed by atoms with Gasteiger partial charge in [-0.05, 0) is 48.9 Å². The summed E-state index contributed by atoms with van der Waals surface area (Å²) in [5.74, 6) is -4.64. The van der Waals surface area contributed by atoms with Crippen molar-refractivity contribution in [1.82, 2.24) is 10.3 Å². The number of alkyl halides is 1. The second kappa shape index (κ2) is 13.1. The van der Waals surface area contributed by atoms with Crippen LogP contribution in [0.15, 0.2) is 59.6 Å². The Morgan fingerprint density at radius 2 is 1.82 bits per heavy atom. The minimum Gasteiger partial charge on any atom is -0.497 e. The van der Waals surface area contributed by atoms with Gasteiger partial charge in [-0.15, -0.1) is 0 Å². The van der Waals surface area contributed by atoms with Gasteiger partial charge in [0.2, 0.25) is 5.91 Å². The predicted molar refractivity (Wildman–Crippen MR) is 183 cm³/mol. The summed E-state index contributed by atoms with van der Waals surface area (Å²) in [5, 5.41) is 14.9. The number of ether oxygens (including phenoxy) is 3. The number of benzene rings is 3. The number of nitrogen functional groups attached to an aromatic ring is 1. The number of hydrogen-bond donors (Lipinski definition) is 4. The van der Waals surface area contributed by atoms with Gasteiger partial charge in [-0.25, -0.2) is 18.2 Å². The number of halogens is 4. The number of carbonyl (C=O) groups excluding carboxylic acids is 2. The molecule has 0 spiro atoms. The minimum atomic E-state index is -2.18. The average Bonchev–Trinajstić information content (AvgIpc) is 3.76. The maximum absolute atomic E-state index is 15.4. The van der Waals surface area contributed by atoms with Crippen molar-refractivity contribution in [1.29, 1.82) is 0 Å². The van der Waals surface area contributed by atoms with E-state index < -0.39 is 51.8 Å². The van der Waals surface area contributed by atoms with E-state index in [1.807, 2.05) is 0 Å². The van der Waals surface area contributed by atoms with Crippen LogP contribution in [-0.2, 0) is 15.8 Å². The normalized spacial score (nSPS) is 18.4. The summed E-state index contributed by atoms with van der Waals surface area (Å²) < 4.78 is 60.4. The number of anilines is 1. The lowest BCUT2D eigenvalue weighted by atomic mass is 9.80. The van der Waals surface area contributed by atoms with E-state index in [4.69, 9.17) is 37.3 Å². The molecule has 3 aromatic carbocycles. The van der Waals surface area contributed by atoms with E-state index >= 15 is 4.39 Å². The standard InChI is InChI=1S/C36H33ClF3N5O6/c1-34(33(42)47)17-51-31-23(34)13-28(45-30(31)22-12-24(37)26(39)14-25(22)38)36(48,20-4-6-21(49-2)7-5-20)16-43-32(46)18-10-19(15-44-35(40)8-9-35)29(41)27(11-18)50-3/h4-7,10-15,48H,8-9,16-17,41H2,1-3H3,(H2,42,47)(H,43,46)/b44-15+/t34-,36+/m0/s1. The number of carbonyl (C=O) groups is 2. The molecular weight excluding hydrogens is 691 g/mol. The first-order valence-corrected chi connectivity index (χ1v) is 16.0. The summed E-state index contributed by atoms with van der Waals surface area (Å²) in [6.07, 6.45) is 1.79. The van der Waals surface area contributed by atoms with E-state index in [1.54, 1.807) is 12.1 Å². The Bertz CT molecular complexity index is 2100. The van der Waals surface area contributed by atoms with E-state index in [-0.39, 0.29) is 75.8 Å². The van der Waals surface area contributed by atoms with Crippen molar-refractivity contribution in [3.8, 4) is 28.5 Å². The van der Waals surface area contributed by atoms with Crippen molar-refractivity contribution in [2.75, 3.05) is 33.1 Å². The summed E-state index contributed by atoms with van der Waals surface area (Å²) in [4.78, 5) is 35.0. The van der Waals surface area contributed by atoms with Crippen LogP contribution in [0.4, 0.5) is 18.9 Å². The molecule has 0 saturated heterocycles. The molecule has 1 aliphatic carbocycles. The molecule has 1 saturated carbocycles. The molecule has 2 heterocycles. The first kappa shape index (κ1) is 35.5. The van der Waals surface area contributed by atoms with Crippen molar-refractivity contribution in [2.24, 2.45) is 10.7 Å². The molecule has 2 amide bonds. The van der Waals surface area contributed by atoms with E-state index in [9.17, 15) is 23.5 Å². The lowest BCUT2D eigenvalue weighted by molar-refractivity contribution is -0.123. The molecule has 0 unspecified atom stereocenters. The number of pyridine rings is 1. The zero-order valence-electron chi connectivity index (χ0n) is 27.7. The molecule has 51 heavy (non-hydrogen) atoms. The highest BCUT2D eigenvalue weighted by Crippen LogP contribution is 2.47. The monoisotopic (exact) mass is 723 g/mol. The average molecular weight is 724 g/mol. The SMILES string of the molecule is COc1ccc([C@](O)(CNC(=O)c2cc(/C=N/C3(F)CC3)c(N)c(OC)c2)c2cc3c(c(-c4cc(Cl)c(F)cc4F)n2)OC[C@]3(C)C(N)=O)cc1. The zero-order chi connectivity index (χ0) is 36.9. The molecule has 15 heteroatoms. The number of aliphatic hydroxyl groups is 1. The topological polar surface area (TPSA) is 171 Å². The van der Waals surface area contributed by atoms with Gasteiger partial charge in [-0.3, -0.25) is 14.6 Å². The number of aromatic nitrogens is 1. The van der Waals surface area contributed by atoms with Crippen LogP contribution in [0.25, 0.3) is 11.3 Å². The number of fused-ring (bicyclic) bond motifs is 1. The van der Waals surface area contributed by atoms with Gasteiger partial charge in [-0.1, -0.05) is 23.7 Å². The van der Waals surface area contributed by atoms with Crippen LogP contribution in [0.3, 0.4) is 0 Å². The number of nitrogens with zero attached hydrogens (tertiary/aromatic N) is 2. The number of methoxy groups -OCH3 is 2. The van der Waals surface area contributed by atoms with Gasteiger partial charge in [-0.2, -0.15) is 0 Å². The molecule has 1 aliphatic heterocycles. The third kappa shape index (κ3) is 6.52. The number of primary amides is 1. The van der Waals surface area contributed by atoms with Crippen LogP contribution in [0, 0.1) is 11.6 Å². The Labute approximate surface area is 295 Å². The summed E-state index contributed by atoms with van der Waals surface area (Å²) in [6.45, 7) is 0.742. The lowest BCUT2D eigenvalue weighted by Gasteiger charge is -2.30. The molecule has 6 rings (SSSR count). The largest absolute Gasteiger partial charge is 0.497 e. The summed E-state index contributed by atoms with van der Waals surface area (Å²) in [7, 11) is 2.81. The van der Waals surface area contributed by atoms with Crippen molar-refractivity contribution in [3.05, 3.63) is 99.2 Å². The quantitative estimate of drug-likeness (QED) is 0.0728. The highest BCUT2D eigenvalue weighted by atomic mass is 35.5. The number of rotatable bonds is 11. The lowest BCUT2D eigenvalue weighted by Crippen LogP contribution is -2.43. The van der Waals surface area contributed by atoms with E-state index in [1.165, 1.54) is 57.7 Å². The highest BCUT2D eigenvalue weighted by molar-refractivity contribution is 6.31. The molecule has 2 atom stereocenters. The summed E-state index contributed by atoms with van der Waals surface area (Å²) in [5.41, 5.74) is 8.52. The molecule has 11 nitrogen and oxygen atoms in total.